The summed E-state index contributed by atoms with van der Waals surface area (Å²) >= 11 is 0. The summed E-state index contributed by atoms with van der Waals surface area (Å²) in [4.78, 5) is 19.5. The van der Waals surface area contributed by atoms with E-state index in [2.05, 4.69) is 15.1 Å². The van der Waals surface area contributed by atoms with Gasteiger partial charge in [0, 0.05) is 24.4 Å². The Balaban J connectivity index is 1.40. The van der Waals surface area contributed by atoms with Gasteiger partial charge in [0.1, 0.15) is 11.6 Å². The molecule has 0 radical (unpaired) electrons. The Labute approximate surface area is 166 Å². The largest absolute Gasteiger partial charge is 0.490 e. The minimum Gasteiger partial charge on any atom is -0.490 e. The third-order valence-corrected chi connectivity index (χ3v) is 5.16. The highest BCUT2D eigenvalue weighted by Gasteiger charge is 2.27. The molecule has 1 aliphatic rings. The summed E-state index contributed by atoms with van der Waals surface area (Å²) in [5.41, 5.74) is 1.45. The van der Waals surface area contributed by atoms with Gasteiger partial charge in [-0.1, -0.05) is 11.2 Å². The van der Waals surface area contributed by atoms with Gasteiger partial charge >= 0.3 is 5.97 Å². The first-order valence-electron chi connectivity index (χ1n) is 9.44. The Kier molecular flexibility index (Phi) is 5.24. The number of ether oxygens (including phenoxy) is 1. The van der Waals surface area contributed by atoms with Crippen LogP contribution in [-0.2, 0) is 0 Å². The third kappa shape index (κ3) is 4.26. The normalized spacial score (nSPS) is 19.1. The number of pyridine rings is 1. The van der Waals surface area contributed by atoms with Crippen molar-refractivity contribution >= 4 is 5.97 Å². The van der Waals surface area contributed by atoms with Crippen molar-refractivity contribution in [1.82, 2.24) is 15.1 Å². The molecule has 1 fully saturated rings. The quantitative estimate of drug-likeness (QED) is 0.682. The third-order valence-electron chi connectivity index (χ3n) is 5.16. The SMILES string of the molecule is Cc1ccc(F)cc1OC1CCC(c2noc(-c3cncc(C(=O)O)c3)n2)CC1. The Bertz CT molecular complexity index is 1030. The first-order chi connectivity index (χ1) is 14.0. The number of carboxylic acids is 1. The van der Waals surface area contributed by atoms with E-state index in [9.17, 15) is 9.18 Å². The lowest BCUT2D eigenvalue weighted by atomic mass is 9.87. The number of rotatable bonds is 5. The molecule has 2 heterocycles. The van der Waals surface area contributed by atoms with Crippen LogP contribution in [0.1, 0.15) is 53.3 Å². The molecule has 0 unspecified atom stereocenters. The molecule has 0 aliphatic heterocycles. The summed E-state index contributed by atoms with van der Waals surface area (Å²) in [5.74, 6) is 0.203. The number of nitrogens with zero attached hydrogens (tertiary/aromatic N) is 3. The average Bonchev–Trinajstić information content (AvgIpc) is 3.22. The molecule has 0 amide bonds. The van der Waals surface area contributed by atoms with Gasteiger partial charge in [-0.2, -0.15) is 4.98 Å². The molecule has 1 aromatic carbocycles. The maximum absolute atomic E-state index is 13.5. The molecule has 2 aromatic heterocycles. The fourth-order valence-electron chi connectivity index (χ4n) is 3.51. The molecule has 1 aliphatic carbocycles. The predicted molar refractivity (Wildman–Crippen MR) is 101 cm³/mol. The van der Waals surface area contributed by atoms with Gasteiger partial charge < -0.3 is 14.4 Å². The van der Waals surface area contributed by atoms with Gasteiger partial charge in [-0.3, -0.25) is 4.98 Å². The van der Waals surface area contributed by atoms with E-state index in [1.54, 1.807) is 6.07 Å². The number of hydrogen-bond acceptors (Lipinski definition) is 6. The molecular weight excluding hydrogens is 377 g/mol. The van der Waals surface area contributed by atoms with Crippen LogP contribution < -0.4 is 4.74 Å². The van der Waals surface area contributed by atoms with E-state index in [0.29, 0.717) is 17.1 Å². The average molecular weight is 397 g/mol. The molecule has 29 heavy (non-hydrogen) atoms. The van der Waals surface area contributed by atoms with Crippen molar-refractivity contribution in [3.8, 4) is 17.2 Å². The molecule has 0 spiro atoms. The van der Waals surface area contributed by atoms with Crippen LogP contribution >= 0.6 is 0 Å². The predicted octanol–water partition coefficient (Wildman–Crippen LogP) is 4.38. The smallest absolute Gasteiger partial charge is 0.337 e. The van der Waals surface area contributed by atoms with Gasteiger partial charge in [0.15, 0.2) is 5.82 Å². The summed E-state index contributed by atoms with van der Waals surface area (Å²) in [6.45, 7) is 1.90. The number of halogens is 1. The second-order valence-electron chi connectivity index (χ2n) is 7.23. The van der Waals surface area contributed by atoms with Crippen LogP contribution in [0.4, 0.5) is 4.39 Å². The molecule has 7 nitrogen and oxygen atoms in total. The van der Waals surface area contributed by atoms with Crippen LogP contribution in [0.5, 0.6) is 5.75 Å². The molecule has 1 saturated carbocycles. The van der Waals surface area contributed by atoms with E-state index in [1.165, 1.54) is 30.6 Å². The molecule has 0 saturated heterocycles. The molecule has 3 aromatic rings. The minimum atomic E-state index is -1.06. The van der Waals surface area contributed by atoms with Crippen LogP contribution in [-0.4, -0.2) is 32.3 Å². The highest BCUT2D eigenvalue weighted by molar-refractivity contribution is 5.88. The van der Waals surface area contributed by atoms with Gasteiger partial charge in [-0.25, -0.2) is 9.18 Å². The number of carboxylic acid groups (broad SMARTS) is 1. The number of benzene rings is 1. The maximum atomic E-state index is 13.5. The van der Waals surface area contributed by atoms with Crippen LogP contribution in [0.2, 0.25) is 0 Å². The topological polar surface area (TPSA) is 98.3 Å². The van der Waals surface area contributed by atoms with Crippen molar-refractivity contribution in [2.45, 2.75) is 44.6 Å². The van der Waals surface area contributed by atoms with Gasteiger partial charge in [0.25, 0.3) is 5.89 Å². The Morgan fingerprint density at radius 2 is 2.00 bits per heavy atom. The number of carbonyl (C=O) groups is 1. The van der Waals surface area contributed by atoms with Crippen molar-refractivity contribution in [2.75, 3.05) is 0 Å². The molecule has 150 valence electrons. The molecule has 0 bridgehead atoms. The first kappa shape index (κ1) is 19.0. The summed E-state index contributed by atoms with van der Waals surface area (Å²) in [5, 5.41) is 13.2. The van der Waals surface area contributed by atoms with E-state index in [0.717, 1.165) is 31.2 Å². The zero-order valence-electron chi connectivity index (χ0n) is 15.8. The van der Waals surface area contributed by atoms with Crippen molar-refractivity contribution < 1.29 is 23.6 Å². The number of aromatic nitrogens is 3. The van der Waals surface area contributed by atoms with Crippen molar-refractivity contribution in [2.24, 2.45) is 0 Å². The van der Waals surface area contributed by atoms with Crippen LogP contribution in [0.25, 0.3) is 11.5 Å². The zero-order chi connectivity index (χ0) is 20.4. The fourth-order valence-corrected chi connectivity index (χ4v) is 3.51. The van der Waals surface area contributed by atoms with E-state index >= 15 is 0 Å². The van der Waals surface area contributed by atoms with E-state index in [-0.39, 0.29) is 29.3 Å². The van der Waals surface area contributed by atoms with Crippen LogP contribution in [0, 0.1) is 12.7 Å². The molecule has 1 N–H and O–H groups in total. The number of aromatic carboxylic acids is 1. The van der Waals surface area contributed by atoms with Crippen LogP contribution in [0.3, 0.4) is 0 Å². The van der Waals surface area contributed by atoms with Crippen molar-refractivity contribution in [3.05, 3.63) is 59.4 Å². The second-order valence-corrected chi connectivity index (χ2v) is 7.23. The van der Waals surface area contributed by atoms with Gasteiger partial charge in [0.05, 0.1) is 17.2 Å². The van der Waals surface area contributed by atoms with Gasteiger partial charge in [0.2, 0.25) is 0 Å². The lowest BCUT2D eigenvalue weighted by Gasteiger charge is -2.27. The lowest BCUT2D eigenvalue weighted by molar-refractivity contribution is 0.0696. The Hall–Kier alpha value is -3.29. The highest BCUT2D eigenvalue weighted by Crippen LogP contribution is 2.34. The van der Waals surface area contributed by atoms with E-state index in [1.807, 2.05) is 6.92 Å². The first-order valence-corrected chi connectivity index (χ1v) is 9.44. The molecular formula is C21H20FN3O4. The van der Waals surface area contributed by atoms with Gasteiger partial charge in [-0.05, 0) is 50.3 Å². The molecule has 0 atom stereocenters. The van der Waals surface area contributed by atoms with Crippen molar-refractivity contribution in [1.29, 1.82) is 0 Å². The Morgan fingerprint density at radius 3 is 2.76 bits per heavy atom. The highest BCUT2D eigenvalue weighted by atomic mass is 19.1. The number of aryl methyl sites for hydroxylation is 1. The summed E-state index contributed by atoms with van der Waals surface area (Å²) in [7, 11) is 0. The van der Waals surface area contributed by atoms with Crippen LogP contribution in [0.15, 0.2) is 41.2 Å². The summed E-state index contributed by atoms with van der Waals surface area (Å²) < 4.78 is 24.8. The minimum absolute atomic E-state index is 0.0227. The summed E-state index contributed by atoms with van der Waals surface area (Å²) in [6.07, 6.45) is 6.05. The van der Waals surface area contributed by atoms with E-state index < -0.39 is 5.97 Å². The van der Waals surface area contributed by atoms with Gasteiger partial charge in [-0.15, -0.1) is 0 Å². The lowest BCUT2D eigenvalue weighted by Crippen LogP contribution is -2.24. The number of hydrogen-bond donors (Lipinski definition) is 1. The standard InChI is InChI=1S/C21H20FN3O4/c1-12-2-5-16(22)9-18(12)28-17-6-3-13(4-7-17)19-24-20(29-25-19)14-8-15(21(26)27)11-23-10-14/h2,5,8-11,13,17H,3-4,6-7H2,1H3,(H,26,27). The fraction of sp³-hybridized carbons (Fsp3) is 0.333. The molecule has 8 heteroatoms. The van der Waals surface area contributed by atoms with E-state index in [4.69, 9.17) is 14.4 Å². The van der Waals surface area contributed by atoms with Crippen molar-refractivity contribution in [3.63, 3.8) is 0 Å². The zero-order valence-corrected chi connectivity index (χ0v) is 15.8. The Morgan fingerprint density at radius 1 is 1.21 bits per heavy atom. The maximum Gasteiger partial charge on any atom is 0.337 e. The monoisotopic (exact) mass is 397 g/mol. The second kappa shape index (κ2) is 7.98. The molecule has 4 rings (SSSR count). The summed E-state index contributed by atoms with van der Waals surface area (Å²) in [6, 6.07) is 6.02.